The average Bonchev–Trinajstić information content (AvgIpc) is 3.19. The van der Waals surface area contributed by atoms with Crippen LogP contribution in [-0.4, -0.2) is 41.9 Å². The van der Waals surface area contributed by atoms with Crippen molar-refractivity contribution in [2.75, 3.05) is 13.1 Å². The van der Waals surface area contributed by atoms with Crippen molar-refractivity contribution in [3.05, 3.63) is 35.9 Å². The van der Waals surface area contributed by atoms with E-state index in [2.05, 4.69) is 27.7 Å². The molecule has 2 aliphatic heterocycles. The van der Waals surface area contributed by atoms with E-state index in [0.717, 1.165) is 45.3 Å². The third kappa shape index (κ3) is 3.54. The van der Waals surface area contributed by atoms with E-state index in [0.29, 0.717) is 0 Å². The highest BCUT2D eigenvalue weighted by molar-refractivity contribution is 6.00. The van der Waals surface area contributed by atoms with Crippen molar-refractivity contribution in [3.8, 4) is 0 Å². The molecule has 0 aromatic heterocycles. The lowest BCUT2D eigenvalue weighted by molar-refractivity contribution is -0.134. The third-order valence-electron chi connectivity index (χ3n) is 4.52. The first kappa shape index (κ1) is 15.2. The van der Waals surface area contributed by atoms with Crippen LogP contribution in [0.5, 0.6) is 0 Å². The highest BCUT2D eigenvalue weighted by atomic mass is 16.2. The molecule has 0 unspecified atom stereocenters. The lowest BCUT2D eigenvalue weighted by atomic mass is 10.1. The van der Waals surface area contributed by atoms with Crippen LogP contribution >= 0.6 is 0 Å². The molecule has 2 atom stereocenters. The maximum Gasteiger partial charge on any atom is 0.243 e. The van der Waals surface area contributed by atoms with E-state index in [-0.39, 0.29) is 23.9 Å². The molecule has 0 spiro atoms. The summed E-state index contributed by atoms with van der Waals surface area (Å²) in [6.45, 7) is 2.52. The molecule has 2 heterocycles. The number of carbonyl (C=O) groups excluding carboxylic acids is 2. The molecule has 118 valence electrons. The van der Waals surface area contributed by atoms with Crippen LogP contribution in [0.2, 0.25) is 0 Å². The monoisotopic (exact) mass is 301 g/mol. The number of imide groups is 1. The van der Waals surface area contributed by atoms with Gasteiger partial charge >= 0.3 is 0 Å². The first-order chi connectivity index (χ1) is 10.7. The number of amides is 2. The van der Waals surface area contributed by atoms with Crippen molar-refractivity contribution in [2.24, 2.45) is 0 Å². The standard InChI is InChI=1S/C17H23N3O2/c21-16(14-8-4-10-18-14)19-17(22)15-9-5-11-20(15)12-13-6-2-1-3-7-13/h1-3,6-7,14-15,18H,4-5,8-12H2,(H,19,21,22)/t14-,15-/m1/s1. The molecule has 2 N–H and O–H groups in total. The summed E-state index contributed by atoms with van der Waals surface area (Å²) in [5.74, 6) is -0.318. The van der Waals surface area contributed by atoms with E-state index < -0.39 is 0 Å². The number of nitrogens with one attached hydrogen (secondary N) is 2. The van der Waals surface area contributed by atoms with E-state index in [9.17, 15) is 9.59 Å². The first-order valence-electron chi connectivity index (χ1n) is 8.10. The fourth-order valence-corrected chi connectivity index (χ4v) is 3.33. The van der Waals surface area contributed by atoms with Gasteiger partial charge in [-0.15, -0.1) is 0 Å². The summed E-state index contributed by atoms with van der Waals surface area (Å²) < 4.78 is 0. The van der Waals surface area contributed by atoms with Gasteiger partial charge in [-0.05, 0) is 44.3 Å². The van der Waals surface area contributed by atoms with E-state index in [1.165, 1.54) is 5.56 Å². The Balaban J connectivity index is 1.57. The second kappa shape index (κ2) is 7.03. The molecular formula is C17H23N3O2. The zero-order valence-corrected chi connectivity index (χ0v) is 12.8. The Morgan fingerprint density at radius 1 is 1.14 bits per heavy atom. The Hall–Kier alpha value is -1.72. The molecule has 2 amide bonds. The van der Waals surface area contributed by atoms with Gasteiger partial charge in [-0.3, -0.25) is 19.8 Å². The zero-order valence-electron chi connectivity index (χ0n) is 12.8. The summed E-state index contributed by atoms with van der Waals surface area (Å²) >= 11 is 0. The molecule has 2 aliphatic rings. The highest BCUT2D eigenvalue weighted by Gasteiger charge is 2.33. The maximum absolute atomic E-state index is 12.4. The van der Waals surface area contributed by atoms with Gasteiger partial charge in [0.1, 0.15) is 0 Å². The summed E-state index contributed by atoms with van der Waals surface area (Å²) in [5, 5.41) is 5.72. The van der Waals surface area contributed by atoms with Crippen LogP contribution in [0.4, 0.5) is 0 Å². The molecule has 2 saturated heterocycles. The molecular weight excluding hydrogens is 278 g/mol. The Labute approximate surface area is 131 Å². The van der Waals surface area contributed by atoms with Crippen molar-refractivity contribution < 1.29 is 9.59 Å². The second-order valence-electron chi connectivity index (χ2n) is 6.12. The molecule has 0 aliphatic carbocycles. The minimum atomic E-state index is -0.201. The third-order valence-corrected chi connectivity index (χ3v) is 4.52. The van der Waals surface area contributed by atoms with Gasteiger partial charge in [0.2, 0.25) is 11.8 Å². The Bertz CT molecular complexity index is 526. The second-order valence-corrected chi connectivity index (χ2v) is 6.12. The molecule has 1 aromatic carbocycles. The van der Waals surface area contributed by atoms with Gasteiger partial charge in [0.15, 0.2) is 0 Å². The van der Waals surface area contributed by atoms with Gasteiger partial charge in [-0.2, -0.15) is 0 Å². The van der Waals surface area contributed by atoms with Gasteiger partial charge < -0.3 is 5.32 Å². The van der Waals surface area contributed by atoms with E-state index >= 15 is 0 Å². The number of nitrogens with zero attached hydrogens (tertiary/aromatic N) is 1. The lowest BCUT2D eigenvalue weighted by Gasteiger charge is -2.24. The topological polar surface area (TPSA) is 61.4 Å². The molecule has 0 bridgehead atoms. The molecule has 0 saturated carbocycles. The number of hydrogen-bond donors (Lipinski definition) is 2. The quantitative estimate of drug-likeness (QED) is 0.816. The van der Waals surface area contributed by atoms with Gasteiger partial charge in [-0.1, -0.05) is 30.3 Å². The van der Waals surface area contributed by atoms with E-state index in [4.69, 9.17) is 0 Å². The summed E-state index contributed by atoms with van der Waals surface area (Å²) in [7, 11) is 0. The number of carbonyl (C=O) groups is 2. The number of rotatable bonds is 4. The summed E-state index contributed by atoms with van der Waals surface area (Å²) in [6.07, 6.45) is 3.64. The van der Waals surface area contributed by atoms with Crippen molar-refractivity contribution in [1.82, 2.24) is 15.5 Å². The molecule has 2 fully saturated rings. The summed E-state index contributed by atoms with van der Waals surface area (Å²) in [5.41, 5.74) is 1.20. The minimum Gasteiger partial charge on any atom is -0.306 e. The molecule has 0 radical (unpaired) electrons. The summed E-state index contributed by atoms with van der Waals surface area (Å²) in [6, 6.07) is 9.76. The van der Waals surface area contributed by atoms with Gasteiger partial charge in [0, 0.05) is 6.54 Å². The number of benzene rings is 1. The van der Waals surface area contributed by atoms with Crippen molar-refractivity contribution in [2.45, 2.75) is 44.3 Å². The van der Waals surface area contributed by atoms with E-state index in [1.807, 2.05) is 18.2 Å². The van der Waals surface area contributed by atoms with E-state index in [1.54, 1.807) is 0 Å². The normalized spacial score (nSPS) is 25.3. The molecule has 1 aromatic rings. The van der Waals surface area contributed by atoms with Crippen molar-refractivity contribution in [1.29, 1.82) is 0 Å². The lowest BCUT2D eigenvalue weighted by Crippen LogP contribution is -2.49. The van der Waals surface area contributed by atoms with Crippen LogP contribution in [0.3, 0.4) is 0 Å². The summed E-state index contributed by atoms with van der Waals surface area (Å²) in [4.78, 5) is 26.6. The molecule has 5 nitrogen and oxygen atoms in total. The average molecular weight is 301 g/mol. The molecule has 3 rings (SSSR count). The fourth-order valence-electron chi connectivity index (χ4n) is 3.33. The number of hydrogen-bond acceptors (Lipinski definition) is 4. The van der Waals surface area contributed by atoms with Crippen molar-refractivity contribution in [3.63, 3.8) is 0 Å². The minimum absolute atomic E-state index is 0.146. The first-order valence-corrected chi connectivity index (χ1v) is 8.10. The maximum atomic E-state index is 12.4. The van der Waals surface area contributed by atoms with Crippen LogP contribution < -0.4 is 10.6 Å². The predicted molar refractivity (Wildman–Crippen MR) is 84.0 cm³/mol. The fraction of sp³-hybridized carbons (Fsp3) is 0.529. The van der Waals surface area contributed by atoms with Gasteiger partial charge in [0.25, 0.3) is 0 Å². The Kier molecular flexibility index (Phi) is 4.85. The Morgan fingerprint density at radius 3 is 2.68 bits per heavy atom. The van der Waals surface area contributed by atoms with Crippen LogP contribution in [-0.2, 0) is 16.1 Å². The van der Waals surface area contributed by atoms with Crippen molar-refractivity contribution >= 4 is 11.8 Å². The van der Waals surface area contributed by atoms with Crippen LogP contribution in [0.15, 0.2) is 30.3 Å². The zero-order chi connectivity index (χ0) is 15.4. The van der Waals surface area contributed by atoms with Gasteiger partial charge in [-0.25, -0.2) is 0 Å². The smallest absolute Gasteiger partial charge is 0.243 e. The van der Waals surface area contributed by atoms with Crippen LogP contribution in [0.1, 0.15) is 31.2 Å². The SMILES string of the molecule is O=C(NC(=O)[C@H]1CCCN1)[C@H]1CCCN1Cc1ccccc1. The predicted octanol–water partition coefficient (Wildman–Crippen LogP) is 1.05. The number of likely N-dealkylation sites (tertiary alicyclic amines) is 1. The largest absolute Gasteiger partial charge is 0.306 e. The molecule has 5 heteroatoms. The van der Waals surface area contributed by atoms with Crippen LogP contribution in [0, 0.1) is 0 Å². The molecule has 22 heavy (non-hydrogen) atoms. The highest BCUT2D eigenvalue weighted by Crippen LogP contribution is 2.20. The van der Waals surface area contributed by atoms with Gasteiger partial charge in [0.05, 0.1) is 12.1 Å². The Morgan fingerprint density at radius 2 is 1.95 bits per heavy atom. The van der Waals surface area contributed by atoms with Crippen LogP contribution in [0.25, 0.3) is 0 Å².